The largest absolute Gasteiger partial charge is 0.444 e. The van der Waals surface area contributed by atoms with Crippen LogP contribution in [0, 0.1) is 0 Å². The van der Waals surface area contributed by atoms with Crippen LogP contribution >= 0.6 is 11.8 Å². The maximum Gasteiger partial charge on any atom is 0.410 e. The number of ether oxygens (including phenoxy) is 1. The highest BCUT2D eigenvalue weighted by Gasteiger charge is 2.41. The fraction of sp³-hybridized carbons (Fsp3) is 0.593. The Morgan fingerprint density at radius 3 is 2.56 bits per heavy atom. The summed E-state index contributed by atoms with van der Waals surface area (Å²) in [5.74, 6) is 1.08. The number of benzene rings is 1. The van der Waals surface area contributed by atoms with Crippen LogP contribution in [0.15, 0.2) is 29.4 Å². The Labute approximate surface area is 207 Å². The Bertz CT molecular complexity index is 1070. The Balaban J connectivity index is 1.39. The van der Waals surface area contributed by atoms with Crippen molar-refractivity contribution in [3.05, 3.63) is 46.6 Å². The van der Waals surface area contributed by atoms with Gasteiger partial charge in [0.1, 0.15) is 11.4 Å². The molecule has 1 aromatic carbocycles. The van der Waals surface area contributed by atoms with E-state index in [4.69, 9.17) is 14.7 Å². The number of hydrogen-bond donors (Lipinski definition) is 0. The molecule has 2 aliphatic carbocycles. The number of hydrogen-bond acceptors (Lipinski definition) is 6. The number of amides is 1. The third-order valence-electron chi connectivity index (χ3n) is 7.51. The van der Waals surface area contributed by atoms with Crippen molar-refractivity contribution in [1.29, 1.82) is 0 Å². The van der Waals surface area contributed by atoms with Crippen molar-refractivity contribution in [3.63, 3.8) is 0 Å². The summed E-state index contributed by atoms with van der Waals surface area (Å²) in [4.78, 5) is 26.7. The maximum absolute atomic E-state index is 12.5. The van der Waals surface area contributed by atoms with E-state index < -0.39 is 5.60 Å². The van der Waals surface area contributed by atoms with Gasteiger partial charge in [-0.2, -0.15) is 0 Å². The van der Waals surface area contributed by atoms with Crippen LogP contribution in [0.2, 0.25) is 0 Å². The highest BCUT2D eigenvalue weighted by atomic mass is 32.2. The lowest BCUT2D eigenvalue weighted by Crippen LogP contribution is -2.50. The van der Waals surface area contributed by atoms with Crippen molar-refractivity contribution >= 4 is 23.7 Å². The molecule has 1 amide bonds. The van der Waals surface area contributed by atoms with Crippen LogP contribution in [0.3, 0.4) is 0 Å². The van der Waals surface area contributed by atoms with Gasteiger partial charge in [-0.15, -0.1) is 0 Å². The number of nitrogens with zero attached hydrogens (tertiary/aromatic N) is 4. The quantitative estimate of drug-likeness (QED) is 0.444. The number of rotatable bonds is 2. The van der Waals surface area contributed by atoms with Gasteiger partial charge in [-0.1, -0.05) is 36.0 Å². The molecule has 1 aromatic heterocycles. The third-order valence-corrected chi connectivity index (χ3v) is 8.06. The second-order valence-electron chi connectivity index (χ2n) is 10.9. The summed E-state index contributed by atoms with van der Waals surface area (Å²) in [6.45, 7) is 8.58. The molecule has 34 heavy (non-hydrogen) atoms. The van der Waals surface area contributed by atoms with Gasteiger partial charge in [-0.25, -0.2) is 14.8 Å². The summed E-state index contributed by atoms with van der Waals surface area (Å²) < 4.78 is 5.58. The Hall–Kier alpha value is -2.28. The molecule has 5 rings (SSSR count). The lowest BCUT2D eigenvalue weighted by Gasteiger charge is -2.43. The van der Waals surface area contributed by atoms with Gasteiger partial charge in [0.05, 0.1) is 5.69 Å². The minimum atomic E-state index is -0.471. The number of piperazine rings is 1. The Morgan fingerprint density at radius 1 is 1.06 bits per heavy atom. The number of carbonyl (C=O) groups excluding carboxylic acids is 1. The van der Waals surface area contributed by atoms with Gasteiger partial charge in [0, 0.05) is 37.2 Å². The number of carbonyl (C=O) groups is 1. The fourth-order valence-electron chi connectivity index (χ4n) is 5.90. The molecule has 1 aliphatic heterocycles. The predicted molar refractivity (Wildman–Crippen MR) is 137 cm³/mol. The van der Waals surface area contributed by atoms with Gasteiger partial charge in [0.2, 0.25) is 0 Å². The first-order valence-electron chi connectivity index (χ1n) is 12.5. The van der Waals surface area contributed by atoms with Crippen molar-refractivity contribution < 1.29 is 9.53 Å². The highest BCUT2D eigenvalue weighted by molar-refractivity contribution is 7.98. The molecule has 0 saturated carbocycles. The van der Waals surface area contributed by atoms with Crippen LogP contribution in [0.4, 0.5) is 10.6 Å². The van der Waals surface area contributed by atoms with E-state index in [2.05, 4.69) is 35.4 Å². The lowest BCUT2D eigenvalue weighted by molar-refractivity contribution is 0.0240. The molecule has 1 fully saturated rings. The molecular formula is C27H36N4O2S. The summed E-state index contributed by atoms with van der Waals surface area (Å²) in [7, 11) is 0. The smallest absolute Gasteiger partial charge is 0.410 e. The number of aryl methyl sites for hydroxylation is 1. The number of anilines is 1. The molecule has 1 spiro atoms. The first kappa shape index (κ1) is 23.5. The van der Waals surface area contributed by atoms with Gasteiger partial charge in [-0.05, 0) is 76.7 Å². The van der Waals surface area contributed by atoms with Crippen LogP contribution in [0.5, 0.6) is 0 Å². The van der Waals surface area contributed by atoms with Crippen molar-refractivity contribution in [3.8, 4) is 0 Å². The topological polar surface area (TPSA) is 58.6 Å². The number of thioether (sulfide) groups is 1. The average molecular weight is 481 g/mol. The van der Waals surface area contributed by atoms with Crippen molar-refractivity contribution in [1.82, 2.24) is 14.9 Å². The summed E-state index contributed by atoms with van der Waals surface area (Å²) >= 11 is 1.62. The Morgan fingerprint density at radius 2 is 1.82 bits per heavy atom. The van der Waals surface area contributed by atoms with Gasteiger partial charge in [-0.3, -0.25) is 0 Å². The molecule has 3 aliphatic rings. The van der Waals surface area contributed by atoms with Crippen LogP contribution in [-0.2, 0) is 29.4 Å². The summed E-state index contributed by atoms with van der Waals surface area (Å²) in [5.41, 5.74) is 5.35. The standard InChI is InChI=1S/C27H36N4O2S/c1-26(2,3)33-25(32)31-16-14-30(15-17-31)23-20-11-13-27(18-22(20)28-24(29-23)34-4)12-7-9-19-8-5-6-10-21(19)27/h5-6,8,10H,7,9,11-18H2,1-4H3. The first-order chi connectivity index (χ1) is 16.3. The molecule has 1 saturated heterocycles. The maximum atomic E-state index is 12.5. The van der Waals surface area contributed by atoms with Gasteiger partial charge < -0.3 is 14.5 Å². The van der Waals surface area contributed by atoms with E-state index in [9.17, 15) is 4.79 Å². The van der Waals surface area contributed by atoms with E-state index in [1.807, 2.05) is 25.7 Å². The molecule has 1 atom stereocenters. The Kier molecular flexibility index (Phi) is 6.25. The third kappa shape index (κ3) is 4.51. The van der Waals surface area contributed by atoms with Gasteiger partial charge in [0.15, 0.2) is 5.16 Å². The van der Waals surface area contributed by atoms with Gasteiger partial charge >= 0.3 is 6.09 Å². The van der Waals surface area contributed by atoms with E-state index in [-0.39, 0.29) is 11.5 Å². The molecular weight excluding hydrogens is 444 g/mol. The summed E-state index contributed by atoms with van der Waals surface area (Å²) in [5, 5.41) is 0.851. The molecule has 6 nitrogen and oxygen atoms in total. The van der Waals surface area contributed by atoms with Crippen LogP contribution < -0.4 is 4.90 Å². The molecule has 182 valence electrons. The van der Waals surface area contributed by atoms with Crippen molar-refractivity contribution in [2.75, 3.05) is 37.3 Å². The van der Waals surface area contributed by atoms with Crippen molar-refractivity contribution in [2.24, 2.45) is 0 Å². The fourth-order valence-corrected chi connectivity index (χ4v) is 6.28. The molecule has 0 radical (unpaired) electrons. The van der Waals surface area contributed by atoms with E-state index in [1.165, 1.54) is 36.1 Å². The first-order valence-corrected chi connectivity index (χ1v) is 13.8. The van der Waals surface area contributed by atoms with Crippen LogP contribution in [-0.4, -0.2) is 59.0 Å². The normalized spacial score (nSPS) is 22.4. The molecule has 7 heteroatoms. The lowest BCUT2D eigenvalue weighted by atomic mass is 9.62. The van der Waals surface area contributed by atoms with E-state index >= 15 is 0 Å². The monoisotopic (exact) mass is 480 g/mol. The van der Waals surface area contributed by atoms with Crippen LogP contribution in [0.1, 0.15) is 62.4 Å². The zero-order valence-corrected chi connectivity index (χ0v) is 21.7. The zero-order chi connectivity index (χ0) is 23.9. The molecule has 1 unspecified atom stereocenters. The van der Waals surface area contributed by atoms with E-state index in [0.717, 1.165) is 43.3 Å². The predicted octanol–water partition coefficient (Wildman–Crippen LogP) is 5.02. The molecule has 2 aromatic rings. The molecule has 2 heterocycles. The number of aromatic nitrogens is 2. The van der Waals surface area contributed by atoms with Crippen LogP contribution in [0.25, 0.3) is 0 Å². The van der Waals surface area contributed by atoms with Gasteiger partial charge in [0.25, 0.3) is 0 Å². The molecule has 0 N–H and O–H groups in total. The minimum Gasteiger partial charge on any atom is -0.444 e. The zero-order valence-electron chi connectivity index (χ0n) is 20.9. The summed E-state index contributed by atoms with van der Waals surface area (Å²) in [6, 6.07) is 9.05. The molecule has 0 bridgehead atoms. The van der Waals surface area contributed by atoms with Crippen molar-refractivity contribution in [2.45, 2.75) is 75.5 Å². The minimum absolute atomic E-state index is 0.207. The van der Waals surface area contributed by atoms with E-state index in [0.29, 0.717) is 13.1 Å². The van der Waals surface area contributed by atoms with E-state index in [1.54, 1.807) is 17.3 Å². The SMILES string of the molecule is CSc1nc2c(c(N3CCN(C(=O)OC(C)(C)C)CC3)n1)CCC1(CCCc3ccccc31)C2. The highest BCUT2D eigenvalue weighted by Crippen LogP contribution is 2.47. The summed E-state index contributed by atoms with van der Waals surface area (Å²) in [6.07, 6.45) is 8.69. The average Bonchev–Trinajstić information content (AvgIpc) is 2.82. The second-order valence-corrected chi connectivity index (χ2v) is 11.7. The number of fused-ring (bicyclic) bond motifs is 3. The second kappa shape index (κ2) is 9.06.